The molecule has 0 saturated heterocycles. The number of nitrogens with one attached hydrogen (secondary N) is 1. The van der Waals surface area contributed by atoms with Crippen LogP contribution in [0.3, 0.4) is 0 Å². The van der Waals surface area contributed by atoms with Gasteiger partial charge in [0.05, 0.1) is 6.10 Å². The van der Waals surface area contributed by atoms with E-state index in [0.29, 0.717) is 36.8 Å². The molecule has 7 nitrogen and oxygen atoms in total. The maximum atomic E-state index is 10.6. The normalized spacial score (nSPS) is 10.4. The minimum Gasteiger partial charge on any atom is -0.473 e. The van der Waals surface area contributed by atoms with Gasteiger partial charge in [0.2, 0.25) is 11.8 Å². The van der Waals surface area contributed by atoms with Crippen molar-refractivity contribution in [3.8, 4) is 5.88 Å². The van der Waals surface area contributed by atoms with Crippen LogP contribution >= 0.6 is 0 Å². The molecule has 0 atom stereocenters. The second kappa shape index (κ2) is 6.63. The van der Waals surface area contributed by atoms with Gasteiger partial charge < -0.3 is 21.5 Å². The molecule has 1 aromatic heterocycles. The molecule has 0 spiro atoms. The molecule has 18 heavy (non-hydrogen) atoms. The molecule has 0 radical (unpaired) electrons. The Labute approximate surface area is 106 Å². The summed E-state index contributed by atoms with van der Waals surface area (Å²) >= 11 is 0. The molecular formula is C11H19N5O2. The van der Waals surface area contributed by atoms with E-state index >= 15 is 0 Å². The van der Waals surface area contributed by atoms with Gasteiger partial charge in [-0.15, -0.1) is 0 Å². The summed E-state index contributed by atoms with van der Waals surface area (Å²) in [6.07, 6.45) is 2.32. The maximum absolute atomic E-state index is 10.6. The molecule has 0 unspecified atom stereocenters. The Morgan fingerprint density at radius 3 is 2.83 bits per heavy atom. The largest absolute Gasteiger partial charge is 0.473 e. The Morgan fingerprint density at radius 1 is 1.50 bits per heavy atom. The lowest BCUT2D eigenvalue weighted by Crippen LogP contribution is -2.14. The Morgan fingerprint density at radius 2 is 2.22 bits per heavy atom. The van der Waals surface area contributed by atoms with Crippen molar-refractivity contribution in [3.05, 3.63) is 6.33 Å². The van der Waals surface area contributed by atoms with Gasteiger partial charge >= 0.3 is 0 Å². The van der Waals surface area contributed by atoms with Crippen LogP contribution in [0.25, 0.3) is 0 Å². The number of hydrogen-bond acceptors (Lipinski definition) is 6. The molecule has 0 aliphatic carbocycles. The molecule has 0 aliphatic heterocycles. The number of aromatic nitrogens is 2. The summed E-state index contributed by atoms with van der Waals surface area (Å²) in [6, 6.07) is 0. The van der Waals surface area contributed by atoms with E-state index in [1.165, 1.54) is 6.33 Å². The van der Waals surface area contributed by atoms with E-state index in [-0.39, 0.29) is 12.0 Å². The molecule has 1 aromatic rings. The molecule has 0 bridgehead atoms. The second-order valence-corrected chi connectivity index (χ2v) is 4.10. The van der Waals surface area contributed by atoms with Crippen molar-refractivity contribution >= 4 is 17.4 Å². The van der Waals surface area contributed by atoms with Crippen LogP contribution in [0.5, 0.6) is 5.88 Å². The van der Waals surface area contributed by atoms with Gasteiger partial charge in [-0.25, -0.2) is 4.98 Å². The lowest BCUT2D eigenvalue weighted by Gasteiger charge is -2.13. The molecule has 1 heterocycles. The standard InChI is InChI=1S/C11H19N5O2/c1-7(2)18-11-9(13)10(15-6-16-11)14-5-3-4-8(12)17/h6-7H,3-5,13H2,1-2H3,(H2,12,17)(H,14,15,16). The highest BCUT2D eigenvalue weighted by Crippen LogP contribution is 2.25. The number of rotatable bonds is 7. The fraction of sp³-hybridized carbons (Fsp3) is 0.545. The summed E-state index contributed by atoms with van der Waals surface area (Å²) in [5.74, 6) is 0.541. The lowest BCUT2D eigenvalue weighted by molar-refractivity contribution is -0.118. The van der Waals surface area contributed by atoms with E-state index in [9.17, 15) is 4.79 Å². The highest BCUT2D eigenvalue weighted by Gasteiger charge is 2.10. The number of hydrogen-bond donors (Lipinski definition) is 3. The highest BCUT2D eigenvalue weighted by atomic mass is 16.5. The third-order valence-electron chi connectivity index (χ3n) is 2.09. The molecule has 5 N–H and O–H groups in total. The van der Waals surface area contributed by atoms with Gasteiger partial charge in [0.1, 0.15) is 12.0 Å². The molecule has 7 heteroatoms. The van der Waals surface area contributed by atoms with Gasteiger partial charge in [-0.1, -0.05) is 0 Å². The minimum absolute atomic E-state index is 0.00934. The number of nitrogens with two attached hydrogens (primary N) is 2. The molecule has 0 saturated carbocycles. The summed E-state index contributed by atoms with van der Waals surface area (Å²) in [4.78, 5) is 18.6. The predicted molar refractivity (Wildman–Crippen MR) is 69.1 cm³/mol. The first-order valence-electron chi connectivity index (χ1n) is 5.80. The van der Waals surface area contributed by atoms with Crippen molar-refractivity contribution < 1.29 is 9.53 Å². The first-order chi connectivity index (χ1) is 8.50. The number of primary amides is 1. The van der Waals surface area contributed by atoms with Crippen molar-refractivity contribution in [2.75, 3.05) is 17.6 Å². The van der Waals surface area contributed by atoms with Crippen LogP contribution in [0.15, 0.2) is 6.33 Å². The molecule has 0 fully saturated rings. The first kappa shape index (κ1) is 14.0. The number of ether oxygens (including phenoxy) is 1. The number of nitrogens with zero attached hydrogens (tertiary/aromatic N) is 2. The summed E-state index contributed by atoms with van der Waals surface area (Å²) in [5.41, 5.74) is 11.3. The van der Waals surface area contributed by atoms with Crippen molar-refractivity contribution in [1.29, 1.82) is 0 Å². The van der Waals surface area contributed by atoms with Crippen LogP contribution in [0.4, 0.5) is 11.5 Å². The number of anilines is 2. The zero-order valence-electron chi connectivity index (χ0n) is 10.6. The van der Waals surface area contributed by atoms with E-state index < -0.39 is 0 Å². The smallest absolute Gasteiger partial charge is 0.242 e. The Balaban J connectivity index is 2.57. The van der Waals surface area contributed by atoms with Gasteiger partial charge in [0, 0.05) is 13.0 Å². The summed E-state index contributed by atoms with van der Waals surface area (Å²) in [5, 5.41) is 3.02. The topological polar surface area (TPSA) is 116 Å². The zero-order valence-corrected chi connectivity index (χ0v) is 10.6. The summed E-state index contributed by atoms with van der Waals surface area (Å²) < 4.78 is 5.44. The van der Waals surface area contributed by atoms with Crippen LogP contribution < -0.4 is 21.5 Å². The van der Waals surface area contributed by atoms with E-state index in [0.717, 1.165) is 0 Å². The van der Waals surface area contributed by atoms with E-state index in [2.05, 4.69) is 15.3 Å². The van der Waals surface area contributed by atoms with Crippen molar-refractivity contribution in [2.45, 2.75) is 32.8 Å². The Hall–Kier alpha value is -2.05. The maximum Gasteiger partial charge on any atom is 0.242 e. The lowest BCUT2D eigenvalue weighted by atomic mass is 10.3. The van der Waals surface area contributed by atoms with Gasteiger partial charge in [0.15, 0.2) is 5.82 Å². The Bertz CT molecular complexity index is 408. The quantitative estimate of drug-likeness (QED) is 0.610. The van der Waals surface area contributed by atoms with Crippen LogP contribution in [0.2, 0.25) is 0 Å². The second-order valence-electron chi connectivity index (χ2n) is 4.10. The highest BCUT2D eigenvalue weighted by molar-refractivity contribution is 5.73. The molecule has 0 aliphatic rings. The van der Waals surface area contributed by atoms with Crippen LogP contribution in [-0.4, -0.2) is 28.5 Å². The monoisotopic (exact) mass is 253 g/mol. The van der Waals surface area contributed by atoms with E-state index in [4.69, 9.17) is 16.2 Å². The molecule has 0 aromatic carbocycles. The fourth-order valence-corrected chi connectivity index (χ4v) is 1.31. The molecule has 1 amide bonds. The van der Waals surface area contributed by atoms with Crippen molar-refractivity contribution in [3.63, 3.8) is 0 Å². The summed E-state index contributed by atoms with van der Waals surface area (Å²) in [7, 11) is 0. The molecule has 100 valence electrons. The third kappa shape index (κ3) is 4.44. The van der Waals surface area contributed by atoms with Crippen LogP contribution in [0, 0.1) is 0 Å². The molecule has 1 rings (SSSR count). The Kier molecular flexibility index (Phi) is 5.16. The van der Waals surface area contributed by atoms with Gasteiger partial charge in [-0.2, -0.15) is 4.98 Å². The molecular weight excluding hydrogens is 234 g/mol. The van der Waals surface area contributed by atoms with Gasteiger partial charge in [-0.05, 0) is 20.3 Å². The average molecular weight is 253 g/mol. The number of amides is 1. The SMILES string of the molecule is CC(C)Oc1ncnc(NCCCC(N)=O)c1N. The van der Waals surface area contributed by atoms with Crippen LogP contribution in [-0.2, 0) is 4.79 Å². The van der Waals surface area contributed by atoms with E-state index in [1.807, 2.05) is 13.8 Å². The minimum atomic E-state index is -0.323. The number of nitrogen functional groups attached to an aromatic ring is 1. The van der Waals surface area contributed by atoms with E-state index in [1.54, 1.807) is 0 Å². The predicted octanol–water partition coefficient (Wildman–Crippen LogP) is 0.523. The van der Waals surface area contributed by atoms with Gasteiger partial charge in [-0.3, -0.25) is 4.79 Å². The fourth-order valence-electron chi connectivity index (χ4n) is 1.31. The average Bonchev–Trinajstić information content (AvgIpc) is 2.28. The van der Waals surface area contributed by atoms with Gasteiger partial charge in [0.25, 0.3) is 0 Å². The van der Waals surface area contributed by atoms with Crippen molar-refractivity contribution in [1.82, 2.24) is 9.97 Å². The number of carbonyl (C=O) groups excluding carboxylic acids is 1. The first-order valence-corrected chi connectivity index (χ1v) is 5.80. The van der Waals surface area contributed by atoms with Crippen LogP contribution in [0.1, 0.15) is 26.7 Å². The summed E-state index contributed by atoms with van der Waals surface area (Å²) in [6.45, 7) is 4.34. The number of carbonyl (C=O) groups is 1. The van der Waals surface area contributed by atoms with Crippen molar-refractivity contribution in [2.24, 2.45) is 5.73 Å². The third-order valence-corrected chi connectivity index (χ3v) is 2.09. The zero-order chi connectivity index (χ0) is 13.5.